The zero-order valence-electron chi connectivity index (χ0n) is 19.9. The van der Waals surface area contributed by atoms with Gasteiger partial charge < -0.3 is 15.0 Å². The van der Waals surface area contributed by atoms with Crippen LogP contribution in [-0.4, -0.2) is 47.6 Å². The SMILES string of the molecule is CCN(CC)c1ccc(/C=N\NC(=O)c2ccncc2)c(OCC(=O)Nc2cccc([N+](=O)[O-])c2)c1. The standard InChI is InChI=1S/C25H26N6O5/c1-3-30(4-2)21-9-8-19(16-27-29-25(33)18-10-12-26-13-11-18)23(15-21)36-17-24(32)28-20-6-5-7-22(14-20)31(34)35/h5-16H,3-4,17H2,1-2H3,(H,28,32)(H,29,33)/b27-16-. The molecule has 0 spiro atoms. The lowest BCUT2D eigenvalue weighted by Gasteiger charge is -2.22. The molecule has 2 amide bonds. The average molecular weight is 491 g/mol. The molecule has 0 unspecified atom stereocenters. The number of hydrogen-bond acceptors (Lipinski definition) is 8. The van der Waals surface area contributed by atoms with E-state index in [0.29, 0.717) is 16.9 Å². The third kappa shape index (κ3) is 7.10. The van der Waals surface area contributed by atoms with E-state index in [-0.39, 0.29) is 18.0 Å². The largest absolute Gasteiger partial charge is 0.483 e. The minimum Gasteiger partial charge on any atom is -0.483 e. The highest BCUT2D eigenvalue weighted by Gasteiger charge is 2.12. The summed E-state index contributed by atoms with van der Waals surface area (Å²) in [5.41, 5.74) is 4.46. The Bertz CT molecular complexity index is 1240. The van der Waals surface area contributed by atoms with E-state index in [1.54, 1.807) is 30.3 Å². The summed E-state index contributed by atoms with van der Waals surface area (Å²) in [5.74, 6) is -0.500. The molecule has 0 aliphatic heterocycles. The summed E-state index contributed by atoms with van der Waals surface area (Å²) >= 11 is 0. The quantitative estimate of drug-likeness (QED) is 0.238. The van der Waals surface area contributed by atoms with E-state index in [2.05, 4.69) is 25.7 Å². The van der Waals surface area contributed by atoms with Gasteiger partial charge in [0.15, 0.2) is 6.61 Å². The molecule has 1 heterocycles. The van der Waals surface area contributed by atoms with Crippen LogP contribution in [0.15, 0.2) is 72.1 Å². The van der Waals surface area contributed by atoms with Gasteiger partial charge in [-0.05, 0) is 44.2 Å². The number of nitrogens with one attached hydrogen (secondary N) is 2. The Hall–Kier alpha value is -4.80. The molecule has 0 saturated heterocycles. The van der Waals surface area contributed by atoms with E-state index in [1.807, 2.05) is 19.9 Å². The number of carbonyl (C=O) groups excluding carboxylic acids is 2. The normalized spacial score (nSPS) is 10.6. The number of anilines is 2. The topological polar surface area (TPSA) is 139 Å². The van der Waals surface area contributed by atoms with Crippen molar-refractivity contribution >= 4 is 35.1 Å². The first-order valence-corrected chi connectivity index (χ1v) is 11.2. The number of benzene rings is 2. The van der Waals surface area contributed by atoms with Crippen molar-refractivity contribution in [3.05, 3.63) is 88.2 Å². The van der Waals surface area contributed by atoms with Gasteiger partial charge in [0.1, 0.15) is 5.75 Å². The van der Waals surface area contributed by atoms with E-state index >= 15 is 0 Å². The number of hydrogen-bond donors (Lipinski definition) is 2. The minimum absolute atomic E-state index is 0.132. The molecule has 3 rings (SSSR count). The molecule has 0 atom stereocenters. The van der Waals surface area contributed by atoms with E-state index in [4.69, 9.17) is 4.74 Å². The summed E-state index contributed by atoms with van der Waals surface area (Å²) < 4.78 is 5.79. The molecule has 2 aromatic carbocycles. The zero-order valence-corrected chi connectivity index (χ0v) is 19.9. The molecule has 11 heteroatoms. The van der Waals surface area contributed by atoms with Gasteiger partial charge in [-0.25, -0.2) is 5.43 Å². The Morgan fingerprint density at radius 1 is 1.11 bits per heavy atom. The number of non-ortho nitro benzene ring substituents is 1. The van der Waals surface area contributed by atoms with Crippen molar-refractivity contribution in [3.63, 3.8) is 0 Å². The Balaban J connectivity index is 1.73. The van der Waals surface area contributed by atoms with Crippen LogP contribution in [-0.2, 0) is 4.79 Å². The molecule has 186 valence electrons. The second-order valence-electron chi connectivity index (χ2n) is 7.47. The zero-order chi connectivity index (χ0) is 25.9. The van der Waals surface area contributed by atoms with E-state index in [1.165, 1.54) is 36.8 Å². The number of nitro groups is 1. The Kier molecular flexibility index (Phi) is 9.04. The maximum absolute atomic E-state index is 12.5. The van der Waals surface area contributed by atoms with Gasteiger partial charge in [0.25, 0.3) is 17.5 Å². The van der Waals surface area contributed by atoms with E-state index < -0.39 is 16.7 Å². The maximum atomic E-state index is 12.5. The Morgan fingerprint density at radius 2 is 1.86 bits per heavy atom. The number of nitro benzene ring substituents is 1. The minimum atomic E-state index is -0.538. The monoisotopic (exact) mass is 490 g/mol. The number of rotatable bonds is 11. The predicted octanol–water partition coefficient (Wildman–Crippen LogP) is 3.62. The van der Waals surface area contributed by atoms with Gasteiger partial charge in [-0.1, -0.05) is 6.07 Å². The Labute approximate surface area is 207 Å². The molecule has 1 aromatic heterocycles. The number of aromatic nitrogens is 1. The van der Waals surface area contributed by atoms with Crippen LogP contribution in [0.3, 0.4) is 0 Å². The number of nitrogens with zero attached hydrogens (tertiary/aromatic N) is 4. The molecular formula is C25H26N6O5. The molecule has 2 N–H and O–H groups in total. The summed E-state index contributed by atoms with van der Waals surface area (Å²) in [7, 11) is 0. The van der Waals surface area contributed by atoms with Gasteiger partial charge in [-0.15, -0.1) is 0 Å². The van der Waals surface area contributed by atoms with Gasteiger partial charge in [0.2, 0.25) is 0 Å². The number of amides is 2. The fourth-order valence-electron chi connectivity index (χ4n) is 3.31. The fraction of sp³-hybridized carbons (Fsp3) is 0.200. The molecule has 0 aliphatic carbocycles. The van der Waals surface area contributed by atoms with E-state index in [9.17, 15) is 19.7 Å². The Morgan fingerprint density at radius 3 is 2.56 bits per heavy atom. The van der Waals surface area contributed by atoms with Crippen LogP contribution in [0.1, 0.15) is 29.8 Å². The first-order valence-electron chi connectivity index (χ1n) is 11.2. The highest BCUT2D eigenvalue weighted by Crippen LogP contribution is 2.25. The van der Waals surface area contributed by atoms with Crippen molar-refractivity contribution in [1.82, 2.24) is 10.4 Å². The van der Waals surface area contributed by atoms with Crippen LogP contribution >= 0.6 is 0 Å². The molecule has 36 heavy (non-hydrogen) atoms. The van der Waals surface area contributed by atoms with Crippen molar-refractivity contribution in [2.75, 3.05) is 29.9 Å². The average Bonchev–Trinajstić information content (AvgIpc) is 2.89. The number of hydrazone groups is 1. The molecule has 0 fully saturated rings. The van der Waals surface area contributed by atoms with Gasteiger partial charge in [-0.3, -0.25) is 24.7 Å². The van der Waals surface area contributed by atoms with Crippen molar-refractivity contribution in [1.29, 1.82) is 0 Å². The first-order chi connectivity index (χ1) is 17.4. The highest BCUT2D eigenvalue weighted by molar-refractivity contribution is 5.95. The van der Waals surface area contributed by atoms with Crippen LogP contribution in [0, 0.1) is 10.1 Å². The van der Waals surface area contributed by atoms with Gasteiger partial charge in [0.05, 0.1) is 11.1 Å². The summed E-state index contributed by atoms with van der Waals surface area (Å²) in [6.45, 7) is 5.27. The second-order valence-corrected chi connectivity index (χ2v) is 7.47. The molecule has 11 nitrogen and oxygen atoms in total. The molecule has 3 aromatic rings. The van der Waals surface area contributed by atoms with Crippen molar-refractivity contribution in [2.24, 2.45) is 5.10 Å². The third-order valence-corrected chi connectivity index (χ3v) is 5.14. The number of pyridine rings is 1. The maximum Gasteiger partial charge on any atom is 0.271 e. The highest BCUT2D eigenvalue weighted by atomic mass is 16.6. The molecule has 0 radical (unpaired) electrons. The lowest BCUT2D eigenvalue weighted by Crippen LogP contribution is -2.23. The van der Waals surface area contributed by atoms with E-state index in [0.717, 1.165) is 18.8 Å². The van der Waals surface area contributed by atoms with Crippen LogP contribution in [0.25, 0.3) is 0 Å². The summed E-state index contributed by atoms with van der Waals surface area (Å²) in [4.78, 5) is 41.1. The molecule has 0 saturated carbocycles. The van der Waals surface area contributed by atoms with Crippen LogP contribution < -0.4 is 20.4 Å². The van der Waals surface area contributed by atoms with Gasteiger partial charge >= 0.3 is 0 Å². The second kappa shape index (κ2) is 12.6. The molecular weight excluding hydrogens is 464 g/mol. The van der Waals surface area contributed by atoms with Crippen molar-refractivity contribution in [2.45, 2.75) is 13.8 Å². The lowest BCUT2D eigenvalue weighted by atomic mass is 10.1. The van der Waals surface area contributed by atoms with Crippen LogP contribution in [0.5, 0.6) is 5.75 Å². The van der Waals surface area contributed by atoms with Gasteiger partial charge in [-0.2, -0.15) is 5.10 Å². The number of ether oxygens (including phenoxy) is 1. The lowest BCUT2D eigenvalue weighted by molar-refractivity contribution is -0.384. The van der Waals surface area contributed by atoms with Crippen molar-refractivity contribution in [3.8, 4) is 5.75 Å². The fourth-order valence-corrected chi connectivity index (χ4v) is 3.31. The summed E-state index contributed by atoms with van der Waals surface area (Å²) in [6, 6.07) is 14.2. The molecule has 0 aliphatic rings. The third-order valence-electron chi connectivity index (χ3n) is 5.14. The number of carbonyl (C=O) groups is 2. The predicted molar refractivity (Wildman–Crippen MR) is 137 cm³/mol. The summed E-state index contributed by atoms with van der Waals surface area (Å²) in [6.07, 6.45) is 4.45. The summed E-state index contributed by atoms with van der Waals surface area (Å²) in [5, 5.41) is 17.6. The molecule has 0 bridgehead atoms. The van der Waals surface area contributed by atoms with Gasteiger partial charge in [0, 0.05) is 66.2 Å². The van der Waals surface area contributed by atoms with Crippen molar-refractivity contribution < 1.29 is 19.2 Å². The van der Waals surface area contributed by atoms with Crippen LogP contribution in [0.2, 0.25) is 0 Å². The van der Waals surface area contributed by atoms with Crippen LogP contribution in [0.4, 0.5) is 17.1 Å². The first kappa shape index (κ1) is 25.8. The smallest absolute Gasteiger partial charge is 0.271 e.